The van der Waals surface area contributed by atoms with Crippen LogP contribution in [0, 0.1) is 5.92 Å². The number of carbonyl (C=O) groups excluding carboxylic acids is 2. The van der Waals surface area contributed by atoms with Gasteiger partial charge in [0.25, 0.3) is 0 Å². The summed E-state index contributed by atoms with van der Waals surface area (Å²) < 4.78 is 4.96. The van der Waals surface area contributed by atoms with E-state index < -0.39 is 11.9 Å². The molecule has 3 N–H and O–H groups in total. The molecule has 1 atom stereocenters. The minimum absolute atomic E-state index is 0.293. The lowest BCUT2D eigenvalue weighted by molar-refractivity contribution is -0.145. The molecule has 0 unspecified atom stereocenters. The monoisotopic (exact) mass is 263 g/mol. The summed E-state index contributed by atoms with van der Waals surface area (Å²) in [7, 11) is 0. The molecule has 0 fully saturated rings. The van der Waals surface area contributed by atoms with Gasteiger partial charge in [0.15, 0.2) is 0 Å². The first-order valence-electron chi connectivity index (χ1n) is 5.92. The highest BCUT2D eigenvalue weighted by molar-refractivity contribution is 5.90. The van der Waals surface area contributed by atoms with Gasteiger partial charge in [-0.15, -0.1) is 0 Å². The highest BCUT2D eigenvalue weighted by atomic mass is 16.5. The van der Waals surface area contributed by atoms with Crippen molar-refractivity contribution in [1.29, 1.82) is 0 Å². The maximum atomic E-state index is 11.8. The summed E-state index contributed by atoms with van der Waals surface area (Å²) >= 11 is 0. The lowest BCUT2D eigenvalue weighted by Gasteiger charge is -2.11. The van der Waals surface area contributed by atoms with Crippen LogP contribution in [0.4, 0.5) is 4.79 Å². The maximum Gasteiger partial charge on any atom is 0.332 e. The fourth-order valence-corrected chi connectivity index (χ4v) is 1.51. The van der Waals surface area contributed by atoms with Crippen LogP contribution in [-0.2, 0) is 16.0 Å². The first-order chi connectivity index (χ1) is 9.13. The largest absolute Gasteiger partial charge is 0.465 e. The number of amides is 2. The Morgan fingerprint density at radius 2 is 2.11 bits per heavy atom. The number of benzene rings is 1. The molecule has 0 saturated heterocycles. The van der Waals surface area contributed by atoms with Crippen molar-refractivity contribution in [3.8, 4) is 0 Å². The maximum absolute atomic E-state index is 11.8. The summed E-state index contributed by atoms with van der Waals surface area (Å²) in [5, 5.41) is 3.62. The smallest absolute Gasteiger partial charge is 0.332 e. The highest BCUT2D eigenvalue weighted by Crippen LogP contribution is 2.09. The van der Waals surface area contributed by atoms with Gasteiger partial charge in [-0.1, -0.05) is 30.3 Å². The molecule has 0 aliphatic carbocycles. The van der Waals surface area contributed by atoms with Crippen molar-refractivity contribution >= 4 is 18.2 Å². The van der Waals surface area contributed by atoms with Crippen molar-refractivity contribution in [2.24, 2.45) is 16.8 Å². The zero-order valence-corrected chi connectivity index (χ0v) is 10.7. The van der Waals surface area contributed by atoms with Gasteiger partial charge in [-0.25, -0.2) is 10.2 Å². The topological polar surface area (TPSA) is 93.8 Å². The molecule has 1 aromatic carbocycles. The van der Waals surface area contributed by atoms with Gasteiger partial charge in [0.2, 0.25) is 0 Å². The van der Waals surface area contributed by atoms with Crippen LogP contribution in [-0.4, -0.2) is 24.8 Å². The van der Waals surface area contributed by atoms with Crippen LogP contribution in [0.3, 0.4) is 0 Å². The normalized spacial score (nSPS) is 12.1. The van der Waals surface area contributed by atoms with Crippen molar-refractivity contribution in [3.63, 3.8) is 0 Å². The molecule has 0 aliphatic heterocycles. The van der Waals surface area contributed by atoms with E-state index in [2.05, 4.69) is 10.5 Å². The second kappa shape index (κ2) is 7.86. The van der Waals surface area contributed by atoms with Crippen molar-refractivity contribution < 1.29 is 14.3 Å². The van der Waals surface area contributed by atoms with Gasteiger partial charge >= 0.3 is 12.0 Å². The van der Waals surface area contributed by atoms with Crippen molar-refractivity contribution in [3.05, 3.63) is 35.9 Å². The fourth-order valence-electron chi connectivity index (χ4n) is 1.51. The standard InChI is InChI=1S/C13H17N3O3/c1-2-19-12(17)11(9-15-16-13(14)18)8-10-6-4-3-5-7-10/h3-7,9,11H,2,8H2,1H3,(H3,14,16,18)/t11-/m1/s1. The van der Waals surface area contributed by atoms with E-state index >= 15 is 0 Å². The molecule has 1 rings (SSSR count). The second-order valence-corrected chi connectivity index (χ2v) is 3.80. The number of nitrogens with two attached hydrogens (primary N) is 1. The zero-order valence-electron chi connectivity index (χ0n) is 10.7. The van der Waals surface area contributed by atoms with E-state index in [0.717, 1.165) is 5.56 Å². The Morgan fingerprint density at radius 1 is 1.42 bits per heavy atom. The van der Waals surface area contributed by atoms with E-state index in [1.807, 2.05) is 30.3 Å². The lowest BCUT2D eigenvalue weighted by Crippen LogP contribution is -2.27. The predicted molar refractivity (Wildman–Crippen MR) is 71.5 cm³/mol. The molecule has 0 radical (unpaired) electrons. The Bertz CT molecular complexity index is 446. The third kappa shape index (κ3) is 5.67. The quantitative estimate of drug-likeness (QED) is 0.456. The number of hydrazone groups is 1. The Kier molecular flexibility index (Phi) is 6.08. The van der Waals surface area contributed by atoms with Gasteiger partial charge in [-0.3, -0.25) is 4.79 Å². The average molecular weight is 263 g/mol. The second-order valence-electron chi connectivity index (χ2n) is 3.80. The molecular formula is C13H17N3O3. The summed E-state index contributed by atoms with van der Waals surface area (Å²) in [6, 6.07) is 8.69. The van der Waals surface area contributed by atoms with Crippen LogP contribution < -0.4 is 11.2 Å². The molecule has 0 heterocycles. The molecule has 6 heteroatoms. The fraction of sp³-hybridized carbons (Fsp3) is 0.308. The minimum Gasteiger partial charge on any atom is -0.465 e. The van der Waals surface area contributed by atoms with Crippen LogP contribution in [0.15, 0.2) is 35.4 Å². The number of nitrogens with one attached hydrogen (secondary N) is 1. The number of carbonyl (C=O) groups is 2. The number of primary amides is 1. The summed E-state index contributed by atoms with van der Waals surface area (Å²) in [6.07, 6.45) is 1.78. The number of nitrogens with zero attached hydrogens (tertiary/aromatic N) is 1. The van der Waals surface area contributed by atoms with E-state index in [1.165, 1.54) is 6.21 Å². The van der Waals surface area contributed by atoms with Gasteiger partial charge in [0.1, 0.15) is 0 Å². The molecule has 19 heavy (non-hydrogen) atoms. The third-order valence-corrected chi connectivity index (χ3v) is 2.32. The molecule has 0 aliphatic rings. The number of esters is 1. The molecule has 102 valence electrons. The number of hydrogen-bond donors (Lipinski definition) is 2. The van der Waals surface area contributed by atoms with Gasteiger partial charge in [-0.2, -0.15) is 5.10 Å². The summed E-state index contributed by atoms with van der Waals surface area (Å²) in [4.78, 5) is 22.3. The number of rotatable bonds is 6. The minimum atomic E-state index is -0.779. The number of ether oxygens (including phenoxy) is 1. The Hall–Kier alpha value is -2.37. The predicted octanol–water partition coefficient (Wildman–Crippen LogP) is 1.06. The van der Waals surface area contributed by atoms with Gasteiger partial charge < -0.3 is 10.5 Å². The van der Waals surface area contributed by atoms with Gasteiger partial charge in [0, 0.05) is 6.21 Å². The molecule has 0 aromatic heterocycles. The van der Waals surface area contributed by atoms with E-state index in [4.69, 9.17) is 10.5 Å². The molecule has 2 amide bonds. The molecule has 6 nitrogen and oxygen atoms in total. The average Bonchev–Trinajstić information content (AvgIpc) is 2.38. The van der Waals surface area contributed by atoms with Crippen LogP contribution >= 0.6 is 0 Å². The van der Waals surface area contributed by atoms with E-state index in [9.17, 15) is 9.59 Å². The van der Waals surface area contributed by atoms with Gasteiger partial charge in [0.05, 0.1) is 12.5 Å². The molecule has 0 bridgehead atoms. The third-order valence-electron chi connectivity index (χ3n) is 2.32. The van der Waals surface area contributed by atoms with Crippen LogP contribution in [0.25, 0.3) is 0 Å². The molecule has 0 spiro atoms. The number of hydrogen-bond acceptors (Lipinski definition) is 4. The molecular weight excluding hydrogens is 246 g/mol. The summed E-state index contributed by atoms with van der Waals surface area (Å²) in [6.45, 7) is 2.03. The lowest BCUT2D eigenvalue weighted by atomic mass is 10.0. The molecule has 0 saturated carbocycles. The van der Waals surface area contributed by atoms with Crippen molar-refractivity contribution in [1.82, 2.24) is 5.43 Å². The first-order valence-corrected chi connectivity index (χ1v) is 5.92. The number of urea groups is 1. The van der Waals surface area contributed by atoms with E-state index in [-0.39, 0.29) is 5.97 Å². The summed E-state index contributed by atoms with van der Waals surface area (Å²) in [5.41, 5.74) is 7.92. The molecule has 1 aromatic rings. The first kappa shape index (κ1) is 14.7. The van der Waals surface area contributed by atoms with Crippen LogP contribution in [0.5, 0.6) is 0 Å². The Labute approximate surface area is 111 Å². The van der Waals surface area contributed by atoms with E-state index in [1.54, 1.807) is 6.92 Å². The van der Waals surface area contributed by atoms with Crippen molar-refractivity contribution in [2.75, 3.05) is 6.61 Å². The van der Waals surface area contributed by atoms with Crippen LogP contribution in [0.2, 0.25) is 0 Å². The van der Waals surface area contributed by atoms with E-state index in [0.29, 0.717) is 13.0 Å². The van der Waals surface area contributed by atoms with Crippen molar-refractivity contribution in [2.45, 2.75) is 13.3 Å². The zero-order chi connectivity index (χ0) is 14.1. The Morgan fingerprint density at radius 3 is 2.68 bits per heavy atom. The SMILES string of the molecule is CCOC(=O)[C@@H](C=NNC(N)=O)Cc1ccccc1. The highest BCUT2D eigenvalue weighted by Gasteiger charge is 2.18. The Balaban J connectivity index is 2.71. The summed E-state index contributed by atoms with van der Waals surface area (Å²) in [5.74, 6) is -0.949. The van der Waals surface area contributed by atoms with Gasteiger partial charge in [-0.05, 0) is 18.9 Å². The van der Waals surface area contributed by atoms with Crippen LogP contribution in [0.1, 0.15) is 12.5 Å².